The van der Waals surface area contributed by atoms with E-state index in [1.165, 1.54) is 22.3 Å². The van der Waals surface area contributed by atoms with Crippen LogP contribution in [0.3, 0.4) is 0 Å². The summed E-state index contributed by atoms with van der Waals surface area (Å²) in [5, 5.41) is 4.24. The maximum absolute atomic E-state index is 14.7. The van der Waals surface area contributed by atoms with Gasteiger partial charge in [0.15, 0.2) is 5.82 Å². The van der Waals surface area contributed by atoms with Crippen molar-refractivity contribution in [2.45, 2.75) is 13.8 Å². The van der Waals surface area contributed by atoms with Crippen LogP contribution >= 0.6 is 0 Å². The fourth-order valence-corrected chi connectivity index (χ4v) is 3.38. The number of methoxy groups -OCH3 is 1. The molecule has 0 aliphatic rings. The van der Waals surface area contributed by atoms with Crippen molar-refractivity contribution in [2.75, 3.05) is 7.11 Å². The molecule has 0 atom stereocenters. The largest absolute Gasteiger partial charge is 0.497 e. The highest BCUT2D eigenvalue weighted by Gasteiger charge is 2.20. The van der Waals surface area contributed by atoms with Gasteiger partial charge in [-0.15, -0.1) is 0 Å². The van der Waals surface area contributed by atoms with Gasteiger partial charge in [0.1, 0.15) is 11.6 Å². The number of fused-ring (bicyclic) bond motifs is 1. The number of pyridine rings is 1. The summed E-state index contributed by atoms with van der Waals surface area (Å²) in [5.41, 5.74) is 2.80. The molecule has 6 nitrogen and oxygen atoms in total. The van der Waals surface area contributed by atoms with Crippen LogP contribution in [0, 0.1) is 19.7 Å². The quantitative estimate of drug-likeness (QED) is 0.560. The third kappa shape index (κ3) is 2.59. The Labute approximate surface area is 154 Å². The number of benzene rings is 1. The van der Waals surface area contributed by atoms with Crippen molar-refractivity contribution in [2.24, 2.45) is 0 Å². The van der Waals surface area contributed by atoms with E-state index >= 15 is 0 Å². The molecule has 136 valence electrons. The smallest absolute Gasteiger partial charge is 0.355 e. The Hall–Kier alpha value is -3.48. The normalized spacial score (nSPS) is 11.1. The van der Waals surface area contributed by atoms with E-state index in [2.05, 4.69) is 10.1 Å². The molecule has 0 saturated carbocycles. The van der Waals surface area contributed by atoms with Crippen molar-refractivity contribution in [1.29, 1.82) is 0 Å². The predicted molar refractivity (Wildman–Crippen MR) is 100 cm³/mol. The van der Waals surface area contributed by atoms with Crippen LogP contribution < -0.4 is 10.4 Å². The average Bonchev–Trinajstić information content (AvgIpc) is 2.94. The highest BCUT2D eigenvalue weighted by atomic mass is 19.1. The standard InChI is InChI=1S/C20H17FN4O2/c1-12-17-11-23-25(18-6-4-5-9-22-18)20(26)24(17)13(2)19(12)15-8-7-14(27-3)10-16(15)21/h4-11H,1-3H3. The molecule has 0 aliphatic heterocycles. The van der Waals surface area contributed by atoms with Gasteiger partial charge in [0.2, 0.25) is 0 Å². The van der Waals surface area contributed by atoms with Crippen LogP contribution in [0.5, 0.6) is 5.75 Å². The fourth-order valence-electron chi connectivity index (χ4n) is 3.38. The summed E-state index contributed by atoms with van der Waals surface area (Å²) in [4.78, 5) is 17.2. The Morgan fingerprint density at radius 1 is 1.15 bits per heavy atom. The van der Waals surface area contributed by atoms with E-state index in [0.717, 1.165) is 5.56 Å². The zero-order valence-electron chi connectivity index (χ0n) is 15.1. The van der Waals surface area contributed by atoms with Crippen molar-refractivity contribution < 1.29 is 9.13 Å². The Morgan fingerprint density at radius 2 is 1.96 bits per heavy atom. The molecule has 0 spiro atoms. The Kier molecular flexibility index (Phi) is 3.99. The maximum Gasteiger partial charge on any atom is 0.355 e. The van der Waals surface area contributed by atoms with Crippen LogP contribution in [-0.4, -0.2) is 26.3 Å². The van der Waals surface area contributed by atoms with Crippen LogP contribution in [0.2, 0.25) is 0 Å². The molecule has 0 saturated heterocycles. The second-order valence-electron chi connectivity index (χ2n) is 6.18. The molecule has 0 radical (unpaired) electrons. The molecule has 3 aromatic heterocycles. The topological polar surface area (TPSA) is 61.4 Å². The van der Waals surface area contributed by atoms with Gasteiger partial charge in [0.25, 0.3) is 0 Å². The first-order chi connectivity index (χ1) is 13.0. The number of aromatic nitrogens is 4. The summed E-state index contributed by atoms with van der Waals surface area (Å²) in [6, 6.07) is 9.95. The van der Waals surface area contributed by atoms with Crippen molar-refractivity contribution in [3.63, 3.8) is 0 Å². The second-order valence-corrected chi connectivity index (χ2v) is 6.18. The summed E-state index contributed by atoms with van der Waals surface area (Å²) in [6.07, 6.45) is 3.20. The van der Waals surface area contributed by atoms with E-state index in [-0.39, 0.29) is 5.69 Å². The Balaban J connectivity index is 2.00. The minimum absolute atomic E-state index is 0.355. The van der Waals surface area contributed by atoms with Crippen molar-refractivity contribution in [1.82, 2.24) is 19.2 Å². The number of nitrogens with zero attached hydrogens (tertiary/aromatic N) is 4. The second kappa shape index (κ2) is 6.35. The third-order valence-electron chi connectivity index (χ3n) is 4.68. The molecule has 0 aliphatic carbocycles. The minimum Gasteiger partial charge on any atom is -0.497 e. The van der Waals surface area contributed by atoms with Crippen molar-refractivity contribution in [3.8, 4) is 22.7 Å². The SMILES string of the molecule is COc1ccc(-c2c(C)c3cnn(-c4ccccn4)c(=O)n3c2C)c(F)c1. The van der Waals surface area contributed by atoms with Crippen molar-refractivity contribution in [3.05, 3.63) is 76.4 Å². The lowest BCUT2D eigenvalue weighted by atomic mass is 10.0. The number of rotatable bonds is 3. The lowest BCUT2D eigenvalue weighted by Gasteiger charge is -2.07. The minimum atomic E-state index is -0.408. The first-order valence-electron chi connectivity index (χ1n) is 8.38. The van der Waals surface area contributed by atoms with Gasteiger partial charge in [0.05, 0.1) is 18.8 Å². The van der Waals surface area contributed by atoms with Gasteiger partial charge < -0.3 is 4.74 Å². The Morgan fingerprint density at radius 3 is 2.63 bits per heavy atom. The van der Waals surface area contributed by atoms with Crippen LogP contribution in [0.25, 0.3) is 22.5 Å². The number of hydrogen-bond donors (Lipinski definition) is 0. The van der Waals surface area contributed by atoms with Crippen LogP contribution in [-0.2, 0) is 0 Å². The number of halogens is 1. The number of ether oxygens (including phenoxy) is 1. The zero-order valence-corrected chi connectivity index (χ0v) is 15.1. The first kappa shape index (κ1) is 17.0. The summed E-state index contributed by atoms with van der Waals surface area (Å²) in [5.74, 6) is 0.455. The maximum atomic E-state index is 14.7. The van der Waals surface area contributed by atoms with Gasteiger partial charge in [-0.25, -0.2) is 14.2 Å². The van der Waals surface area contributed by atoms with Gasteiger partial charge in [-0.05, 0) is 43.7 Å². The monoisotopic (exact) mass is 364 g/mol. The van der Waals surface area contributed by atoms with E-state index < -0.39 is 5.82 Å². The van der Waals surface area contributed by atoms with E-state index in [9.17, 15) is 9.18 Å². The molecule has 0 unspecified atom stereocenters. The number of aryl methyl sites for hydroxylation is 2. The molecule has 7 heteroatoms. The number of hydrogen-bond acceptors (Lipinski definition) is 4. The fraction of sp³-hybridized carbons (Fsp3) is 0.150. The molecule has 1 aromatic carbocycles. The van der Waals surface area contributed by atoms with Gasteiger partial charge in [-0.2, -0.15) is 9.78 Å². The van der Waals surface area contributed by atoms with E-state index in [1.54, 1.807) is 49.6 Å². The molecular formula is C20H17FN4O2. The van der Waals surface area contributed by atoms with Gasteiger partial charge >= 0.3 is 5.69 Å². The molecule has 27 heavy (non-hydrogen) atoms. The van der Waals surface area contributed by atoms with E-state index in [4.69, 9.17) is 4.74 Å². The first-order valence-corrected chi connectivity index (χ1v) is 8.38. The van der Waals surface area contributed by atoms with Crippen molar-refractivity contribution >= 4 is 5.52 Å². The Bertz CT molecular complexity index is 1210. The van der Waals surface area contributed by atoms with Gasteiger partial charge in [-0.1, -0.05) is 6.07 Å². The van der Waals surface area contributed by atoms with Gasteiger partial charge in [0, 0.05) is 29.1 Å². The lowest BCUT2D eigenvalue weighted by Crippen LogP contribution is -2.28. The molecule has 0 bridgehead atoms. The summed E-state index contributed by atoms with van der Waals surface area (Å²) in [6.45, 7) is 3.65. The third-order valence-corrected chi connectivity index (χ3v) is 4.68. The molecule has 4 rings (SSSR count). The molecular weight excluding hydrogens is 347 g/mol. The predicted octanol–water partition coefficient (Wildman–Crippen LogP) is 3.31. The molecule has 3 heterocycles. The zero-order chi connectivity index (χ0) is 19.1. The highest BCUT2D eigenvalue weighted by molar-refractivity contribution is 5.79. The van der Waals surface area contributed by atoms with E-state index in [1.807, 2.05) is 6.92 Å². The van der Waals surface area contributed by atoms with E-state index in [0.29, 0.717) is 33.9 Å². The molecule has 0 amide bonds. The van der Waals surface area contributed by atoms with Gasteiger partial charge in [-0.3, -0.25) is 4.40 Å². The lowest BCUT2D eigenvalue weighted by molar-refractivity contribution is 0.411. The molecule has 4 aromatic rings. The molecule has 0 N–H and O–H groups in total. The van der Waals surface area contributed by atoms with Crippen LogP contribution in [0.1, 0.15) is 11.3 Å². The van der Waals surface area contributed by atoms with Crippen LogP contribution in [0.15, 0.2) is 53.6 Å². The van der Waals surface area contributed by atoms with Crippen LogP contribution in [0.4, 0.5) is 4.39 Å². The molecule has 0 fully saturated rings. The average molecular weight is 364 g/mol. The highest BCUT2D eigenvalue weighted by Crippen LogP contribution is 2.34. The summed E-state index contributed by atoms with van der Waals surface area (Å²) in [7, 11) is 1.49. The summed E-state index contributed by atoms with van der Waals surface area (Å²) >= 11 is 0. The summed E-state index contributed by atoms with van der Waals surface area (Å²) < 4.78 is 22.5.